The van der Waals surface area contributed by atoms with Crippen molar-refractivity contribution in [2.45, 2.75) is 26.2 Å². The number of para-hydroxylation sites is 2. The summed E-state index contributed by atoms with van der Waals surface area (Å²) in [5.74, 6) is 0.202. The third-order valence-electron chi connectivity index (χ3n) is 11.8. The summed E-state index contributed by atoms with van der Waals surface area (Å²) in [6, 6.07) is 59.4. The molecule has 274 valence electrons. The third kappa shape index (κ3) is 5.76. The Hall–Kier alpha value is -7.04. The molecule has 0 bridgehead atoms. The number of hydrogen-bond donors (Lipinski definition) is 1. The van der Waals surface area contributed by atoms with Crippen LogP contribution in [0, 0.1) is 6.92 Å². The van der Waals surface area contributed by atoms with Gasteiger partial charge in [-0.2, -0.15) is 0 Å². The number of fused-ring (bicyclic) bond motifs is 4. The summed E-state index contributed by atoms with van der Waals surface area (Å²) in [7, 11) is 2.18. The normalized spacial score (nSPS) is 12.8. The van der Waals surface area contributed by atoms with Gasteiger partial charge < -0.3 is 9.67 Å². The minimum atomic E-state index is -0.101. The molecule has 0 unspecified atom stereocenters. The average Bonchev–Trinajstić information content (AvgIpc) is 3.67. The summed E-state index contributed by atoms with van der Waals surface area (Å²) in [4.78, 5) is 10.2. The number of aromatic nitrogens is 3. The van der Waals surface area contributed by atoms with Gasteiger partial charge in [0.1, 0.15) is 5.75 Å². The monoisotopic (exact) mass is 735 g/mol. The highest BCUT2D eigenvalue weighted by atomic mass is 16.3. The quantitative estimate of drug-likeness (QED) is 0.185. The number of nitrogens with zero attached hydrogens (tertiary/aromatic N) is 3. The molecule has 0 saturated carbocycles. The second kappa shape index (κ2) is 13.3. The molecule has 4 heteroatoms. The summed E-state index contributed by atoms with van der Waals surface area (Å²) in [6.45, 7) is 6.77. The summed E-state index contributed by atoms with van der Waals surface area (Å²) < 4.78 is 2.34. The van der Waals surface area contributed by atoms with Crippen molar-refractivity contribution in [2.24, 2.45) is 7.05 Å². The molecule has 0 amide bonds. The summed E-state index contributed by atoms with van der Waals surface area (Å²) in [5.41, 5.74) is 19.4. The van der Waals surface area contributed by atoms with Crippen molar-refractivity contribution >= 4 is 10.9 Å². The van der Waals surface area contributed by atoms with E-state index in [9.17, 15) is 5.11 Å². The second-order valence-corrected chi connectivity index (χ2v) is 15.7. The number of aromatic hydroxyl groups is 1. The largest absolute Gasteiger partial charge is 0.507 e. The second-order valence-electron chi connectivity index (χ2n) is 15.7. The number of benzene rings is 6. The van der Waals surface area contributed by atoms with E-state index in [1.54, 1.807) is 6.07 Å². The zero-order chi connectivity index (χ0) is 38.8. The molecule has 57 heavy (non-hydrogen) atoms. The van der Waals surface area contributed by atoms with Crippen LogP contribution in [0.2, 0.25) is 0 Å². The zero-order valence-electron chi connectivity index (χ0n) is 32.5. The van der Waals surface area contributed by atoms with Gasteiger partial charge in [-0.1, -0.05) is 129 Å². The van der Waals surface area contributed by atoms with Crippen LogP contribution in [0.1, 0.15) is 30.7 Å². The maximum Gasteiger partial charge on any atom is 0.124 e. The van der Waals surface area contributed by atoms with Gasteiger partial charge in [-0.3, -0.25) is 4.98 Å². The highest BCUT2D eigenvalue weighted by Crippen LogP contribution is 2.51. The molecule has 4 nitrogen and oxygen atoms in total. The molecule has 1 N–H and O–H groups in total. The van der Waals surface area contributed by atoms with E-state index in [2.05, 4.69) is 154 Å². The van der Waals surface area contributed by atoms with E-state index >= 15 is 0 Å². The van der Waals surface area contributed by atoms with Crippen molar-refractivity contribution in [3.63, 3.8) is 0 Å². The lowest BCUT2D eigenvalue weighted by atomic mass is 9.81. The number of phenolic OH excluding ortho intramolecular Hbond substituents is 1. The summed E-state index contributed by atoms with van der Waals surface area (Å²) >= 11 is 0. The molecule has 0 saturated heterocycles. The lowest BCUT2D eigenvalue weighted by Crippen LogP contribution is -2.14. The maximum atomic E-state index is 10.8. The predicted octanol–water partition coefficient (Wildman–Crippen LogP) is 13.3. The molecule has 0 aliphatic heterocycles. The molecule has 9 aromatic rings. The first-order valence-electron chi connectivity index (χ1n) is 19.5. The molecule has 1 aliphatic rings. The fraction of sp³-hybridized carbons (Fsp3) is 0.0943. The van der Waals surface area contributed by atoms with Crippen molar-refractivity contribution in [3.8, 4) is 84.2 Å². The van der Waals surface area contributed by atoms with Crippen molar-refractivity contribution in [2.75, 3.05) is 0 Å². The topological polar surface area (TPSA) is 50.9 Å². The smallest absolute Gasteiger partial charge is 0.124 e. The molecular weight excluding hydrogens is 695 g/mol. The van der Waals surface area contributed by atoms with Crippen LogP contribution in [-0.4, -0.2) is 19.6 Å². The average molecular weight is 736 g/mol. The molecule has 10 rings (SSSR count). The van der Waals surface area contributed by atoms with Gasteiger partial charge in [0.15, 0.2) is 0 Å². The highest BCUT2D eigenvalue weighted by molar-refractivity contribution is 6.05. The minimum Gasteiger partial charge on any atom is -0.507 e. The van der Waals surface area contributed by atoms with Crippen molar-refractivity contribution < 1.29 is 5.11 Å². The van der Waals surface area contributed by atoms with Gasteiger partial charge in [-0.05, 0) is 100 Å². The summed E-state index contributed by atoms with van der Waals surface area (Å²) in [6.07, 6.45) is 0. The number of aryl methyl sites for hydroxylation is 2. The van der Waals surface area contributed by atoms with Gasteiger partial charge in [-0.25, -0.2) is 4.98 Å². The van der Waals surface area contributed by atoms with E-state index in [4.69, 9.17) is 9.97 Å². The molecule has 6 aromatic carbocycles. The lowest BCUT2D eigenvalue weighted by molar-refractivity contribution is 0.477. The number of hydrogen-bond acceptors (Lipinski definition) is 3. The van der Waals surface area contributed by atoms with Crippen molar-refractivity contribution in [1.82, 2.24) is 14.5 Å². The molecular formula is C53H41N3O. The Labute approximate surface area is 333 Å². The van der Waals surface area contributed by atoms with Crippen LogP contribution in [-0.2, 0) is 12.5 Å². The molecule has 0 spiro atoms. The predicted molar refractivity (Wildman–Crippen MR) is 235 cm³/mol. The van der Waals surface area contributed by atoms with Gasteiger partial charge in [0.2, 0.25) is 0 Å². The Balaban J connectivity index is 1.11. The Kier molecular flexibility index (Phi) is 8.05. The van der Waals surface area contributed by atoms with Gasteiger partial charge >= 0.3 is 0 Å². The van der Waals surface area contributed by atoms with Gasteiger partial charge in [-0.15, -0.1) is 0 Å². The van der Waals surface area contributed by atoms with Crippen LogP contribution >= 0.6 is 0 Å². The molecule has 0 fully saturated rings. The number of phenols is 1. The van der Waals surface area contributed by atoms with E-state index in [0.29, 0.717) is 11.3 Å². The maximum absolute atomic E-state index is 10.8. The third-order valence-corrected chi connectivity index (χ3v) is 11.8. The molecule has 3 aromatic heterocycles. The van der Waals surface area contributed by atoms with Crippen LogP contribution in [0.25, 0.3) is 89.3 Å². The first kappa shape index (κ1) is 34.5. The SMILES string of the molecule is Cc1cc(-c2c(-c3ccc4c(c3)C(C)(C)c3ccccc3-4)c3ccccc3n2C)cc(-c2cccc(-c3cc(-c4ccccc4)cc(-c4ccccc4O)n3)c2)n1. The standard InChI is InChI=1S/C53H41N3O/c1-33-27-39(52-51(43-21-9-12-23-49(43)56(52)4)37-25-26-41-40-19-8-11-22-44(40)53(2,3)45(41)29-37)32-46(54-33)35-17-14-18-36(28-35)47-30-38(34-15-6-5-7-16-34)31-48(55-47)42-20-10-13-24-50(42)57/h5-32,57H,1-4H3. The highest BCUT2D eigenvalue weighted by Gasteiger charge is 2.35. The van der Waals surface area contributed by atoms with E-state index in [1.807, 2.05) is 42.5 Å². The number of rotatable bonds is 6. The van der Waals surface area contributed by atoms with Crippen LogP contribution in [0.15, 0.2) is 170 Å². The summed E-state index contributed by atoms with van der Waals surface area (Å²) in [5, 5.41) is 12.1. The Morgan fingerprint density at radius 3 is 1.91 bits per heavy atom. The number of pyridine rings is 2. The van der Waals surface area contributed by atoms with Gasteiger partial charge in [0.25, 0.3) is 0 Å². The van der Waals surface area contributed by atoms with Gasteiger partial charge in [0.05, 0.1) is 22.8 Å². The van der Waals surface area contributed by atoms with Gasteiger partial charge in [0, 0.05) is 56.9 Å². The molecule has 0 atom stereocenters. The Bertz CT molecular complexity index is 3030. The minimum absolute atomic E-state index is 0.101. The van der Waals surface area contributed by atoms with Crippen LogP contribution in [0.4, 0.5) is 0 Å². The van der Waals surface area contributed by atoms with Crippen molar-refractivity contribution in [3.05, 3.63) is 187 Å². The first-order chi connectivity index (χ1) is 27.7. The molecule has 1 aliphatic carbocycles. The van der Waals surface area contributed by atoms with E-state index in [0.717, 1.165) is 50.6 Å². The van der Waals surface area contributed by atoms with E-state index in [1.165, 1.54) is 44.3 Å². The fourth-order valence-electron chi connectivity index (χ4n) is 8.98. The molecule has 3 heterocycles. The van der Waals surface area contributed by atoms with Crippen LogP contribution in [0.5, 0.6) is 5.75 Å². The fourth-order valence-corrected chi connectivity index (χ4v) is 8.98. The Morgan fingerprint density at radius 1 is 0.474 bits per heavy atom. The van der Waals surface area contributed by atoms with Crippen LogP contribution < -0.4 is 0 Å². The van der Waals surface area contributed by atoms with E-state index < -0.39 is 0 Å². The zero-order valence-corrected chi connectivity index (χ0v) is 32.5. The lowest BCUT2D eigenvalue weighted by Gasteiger charge is -2.22. The molecule has 0 radical (unpaired) electrons. The van der Waals surface area contributed by atoms with Crippen LogP contribution in [0.3, 0.4) is 0 Å². The first-order valence-corrected chi connectivity index (χ1v) is 19.5. The van der Waals surface area contributed by atoms with Crippen molar-refractivity contribution in [1.29, 1.82) is 0 Å². The van der Waals surface area contributed by atoms with E-state index in [-0.39, 0.29) is 11.2 Å². The Morgan fingerprint density at radius 2 is 1.11 bits per heavy atom.